The van der Waals surface area contributed by atoms with Crippen LogP contribution in [0.2, 0.25) is 0 Å². The SMILES string of the molecule is C=CCOc1ccccc1CN=C(NCC)N1CCC(N2CC=CC2)C1. The highest BCUT2D eigenvalue weighted by Gasteiger charge is 2.29. The second-order valence-corrected chi connectivity index (χ2v) is 6.69. The third kappa shape index (κ3) is 4.67. The van der Waals surface area contributed by atoms with Crippen LogP contribution in [0.1, 0.15) is 18.9 Å². The van der Waals surface area contributed by atoms with Gasteiger partial charge in [0.05, 0.1) is 6.54 Å². The molecule has 1 unspecified atom stereocenters. The molecule has 0 amide bonds. The summed E-state index contributed by atoms with van der Waals surface area (Å²) in [5, 5.41) is 3.45. The van der Waals surface area contributed by atoms with Gasteiger partial charge in [0, 0.05) is 44.3 Å². The molecule has 2 aliphatic rings. The highest BCUT2D eigenvalue weighted by Crippen LogP contribution is 2.21. The zero-order valence-electron chi connectivity index (χ0n) is 15.7. The number of para-hydroxylation sites is 1. The predicted molar refractivity (Wildman–Crippen MR) is 108 cm³/mol. The van der Waals surface area contributed by atoms with Gasteiger partial charge in [0.2, 0.25) is 0 Å². The van der Waals surface area contributed by atoms with Crippen molar-refractivity contribution >= 4 is 5.96 Å². The van der Waals surface area contributed by atoms with Gasteiger partial charge in [-0.25, -0.2) is 4.99 Å². The third-order valence-electron chi connectivity index (χ3n) is 4.89. The Morgan fingerprint density at radius 3 is 2.92 bits per heavy atom. The summed E-state index contributed by atoms with van der Waals surface area (Å²) in [6, 6.07) is 8.72. The number of aliphatic imine (C=N–C) groups is 1. The number of nitrogens with one attached hydrogen (secondary N) is 1. The van der Waals surface area contributed by atoms with E-state index in [-0.39, 0.29) is 0 Å². The van der Waals surface area contributed by atoms with Crippen molar-refractivity contribution in [2.24, 2.45) is 4.99 Å². The monoisotopic (exact) mass is 354 g/mol. The van der Waals surface area contributed by atoms with Crippen molar-refractivity contribution in [1.82, 2.24) is 15.1 Å². The number of benzene rings is 1. The van der Waals surface area contributed by atoms with Gasteiger partial charge in [-0.15, -0.1) is 0 Å². The van der Waals surface area contributed by atoms with Crippen molar-refractivity contribution in [3.63, 3.8) is 0 Å². The standard InChI is InChI=1S/C21H30N4O/c1-3-15-26-20-10-6-5-9-18(20)16-23-21(22-4-2)25-14-11-19(17-25)24-12-7-8-13-24/h3,5-10,19H,1,4,11-17H2,2H3,(H,22,23). The van der Waals surface area contributed by atoms with E-state index < -0.39 is 0 Å². The summed E-state index contributed by atoms with van der Waals surface area (Å²) in [5.41, 5.74) is 1.10. The number of guanidine groups is 1. The van der Waals surface area contributed by atoms with Crippen LogP contribution in [0.25, 0.3) is 0 Å². The van der Waals surface area contributed by atoms with Crippen molar-refractivity contribution in [3.05, 3.63) is 54.6 Å². The van der Waals surface area contributed by atoms with E-state index in [9.17, 15) is 0 Å². The molecule has 2 aliphatic heterocycles. The Hall–Kier alpha value is -2.27. The Bertz CT molecular complexity index is 647. The van der Waals surface area contributed by atoms with E-state index in [0.29, 0.717) is 19.2 Å². The second kappa shape index (κ2) is 9.43. The molecular weight excluding hydrogens is 324 g/mol. The zero-order valence-corrected chi connectivity index (χ0v) is 15.7. The Labute approximate surface area is 157 Å². The van der Waals surface area contributed by atoms with E-state index >= 15 is 0 Å². The number of hydrogen-bond donors (Lipinski definition) is 1. The van der Waals surface area contributed by atoms with E-state index in [0.717, 1.165) is 50.0 Å². The van der Waals surface area contributed by atoms with Crippen LogP contribution in [0, 0.1) is 0 Å². The second-order valence-electron chi connectivity index (χ2n) is 6.69. The van der Waals surface area contributed by atoms with Crippen molar-refractivity contribution in [2.75, 3.05) is 39.3 Å². The minimum absolute atomic E-state index is 0.512. The molecule has 26 heavy (non-hydrogen) atoms. The van der Waals surface area contributed by atoms with Gasteiger partial charge in [0.25, 0.3) is 0 Å². The lowest BCUT2D eigenvalue weighted by molar-refractivity contribution is 0.259. The first kappa shape index (κ1) is 18.5. The molecule has 1 aromatic carbocycles. The molecule has 0 aromatic heterocycles. The fourth-order valence-electron chi connectivity index (χ4n) is 3.53. The average Bonchev–Trinajstić information content (AvgIpc) is 3.35. The molecule has 5 heteroatoms. The first-order valence-corrected chi connectivity index (χ1v) is 9.55. The van der Waals surface area contributed by atoms with Crippen LogP contribution in [0.5, 0.6) is 5.75 Å². The zero-order chi connectivity index (χ0) is 18.2. The minimum Gasteiger partial charge on any atom is -0.489 e. The highest BCUT2D eigenvalue weighted by molar-refractivity contribution is 5.80. The first-order valence-electron chi connectivity index (χ1n) is 9.55. The molecule has 0 aliphatic carbocycles. The van der Waals surface area contributed by atoms with Gasteiger partial charge in [-0.1, -0.05) is 43.0 Å². The number of likely N-dealkylation sites (tertiary alicyclic amines) is 1. The third-order valence-corrected chi connectivity index (χ3v) is 4.89. The number of rotatable bonds is 7. The Morgan fingerprint density at radius 1 is 1.35 bits per heavy atom. The predicted octanol–water partition coefficient (Wildman–Crippen LogP) is 2.66. The molecule has 1 N–H and O–H groups in total. The van der Waals surface area contributed by atoms with Crippen LogP contribution in [0.4, 0.5) is 0 Å². The summed E-state index contributed by atoms with van der Waals surface area (Å²) >= 11 is 0. The van der Waals surface area contributed by atoms with Crippen molar-refractivity contribution < 1.29 is 4.74 Å². The van der Waals surface area contributed by atoms with Gasteiger partial charge < -0.3 is 15.0 Å². The molecule has 0 bridgehead atoms. The lowest BCUT2D eigenvalue weighted by Gasteiger charge is -2.25. The van der Waals surface area contributed by atoms with Crippen LogP contribution in [-0.4, -0.2) is 61.1 Å². The molecular formula is C21H30N4O. The Balaban J connectivity index is 1.65. The summed E-state index contributed by atoms with van der Waals surface area (Å²) in [5.74, 6) is 1.88. The Morgan fingerprint density at radius 2 is 2.15 bits per heavy atom. The number of ether oxygens (including phenoxy) is 1. The fourth-order valence-corrected chi connectivity index (χ4v) is 3.53. The summed E-state index contributed by atoms with van der Waals surface area (Å²) in [6.07, 6.45) is 7.50. The maximum atomic E-state index is 5.75. The van der Waals surface area contributed by atoms with Gasteiger partial charge in [-0.3, -0.25) is 4.90 Å². The van der Waals surface area contributed by atoms with Gasteiger partial charge in [-0.2, -0.15) is 0 Å². The quantitative estimate of drug-likeness (QED) is 0.464. The molecule has 5 nitrogen and oxygen atoms in total. The lowest BCUT2D eigenvalue weighted by atomic mass is 10.2. The highest BCUT2D eigenvalue weighted by atomic mass is 16.5. The summed E-state index contributed by atoms with van der Waals surface area (Å²) < 4.78 is 5.75. The van der Waals surface area contributed by atoms with Crippen LogP contribution >= 0.6 is 0 Å². The molecule has 0 radical (unpaired) electrons. The van der Waals surface area contributed by atoms with Crippen molar-refractivity contribution in [1.29, 1.82) is 0 Å². The van der Waals surface area contributed by atoms with Crippen LogP contribution in [0.3, 0.4) is 0 Å². The molecule has 2 heterocycles. The normalized spacial score (nSPS) is 20.6. The summed E-state index contributed by atoms with van der Waals surface area (Å²) in [7, 11) is 0. The maximum absolute atomic E-state index is 5.75. The molecule has 1 fully saturated rings. The van der Waals surface area contributed by atoms with Crippen LogP contribution in [0.15, 0.2) is 54.1 Å². The minimum atomic E-state index is 0.512. The average molecular weight is 354 g/mol. The molecule has 1 atom stereocenters. The van der Waals surface area contributed by atoms with Crippen LogP contribution in [-0.2, 0) is 6.54 Å². The van der Waals surface area contributed by atoms with Gasteiger partial charge in [-0.05, 0) is 19.4 Å². The van der Waals surface area contributed by atoms with E-state index in [1.807, 2.05) is 18.2 Å². The molecule has 1 aromatic rings. The van der Waals surface area contributed by atoms with E-state index in [1.165, 1.54) is 6.42 Å². The topological polar surface area (TPSA) is 40.1 Å². The molecule has 1 saturated heterocycles. The Kier molecular flexibility index (Phi) is 6.72. The van der Waals surface area contributed by atoms with Gasteiger partial charge in [0.1, 0.15) is 12.4 Å². The fraction of sp³-hybridized carbons (Fsp3) is 0.476. The van der Waals surface area contributed by atoms with Crippen LogP contribution < -0.4 is 10.1 Å². The largest absolute Gasteiger partial charge is 0.489 e. The number of hydrogen-bond acceptors (Lipinski definition) is 3. The molecule has 3 rings (SSSR count). The van der Waals surface area contributed by atoms with E-state index in [4.69, 9.17) is 9.73 Å². The van der Waals surface area contributed by atoms with Crippen molar-refractivity contribution in [3.8, 4) is 5.75 Å². The van der Waals surface area contributed by atoms with E-state index in [2.05, 4.69) is 46.8 Å². The lowest BCUT2D eigenvalue weighted by Crippen LogP contribution is -2.42. The number of nitrogens with zero attached hydrogens (tertiary/aromatic N) is 3. The maximum Gasteiger partial charge on any atom is 0.194 e. The molecule has 140 valence electrons. The van der Waals surface area contributed by atoms with Gasteiger partial charge in [0.15, 0.2) is 5.96 Å². The molecule has 0 saturated carbocycles. The molecule has 0 spiro atoms. The summed E-state index contributed by atoms with van der Waals surface area (Å²) in [4.78, 5) is 9.82. The van der Waals surface area contributed by atoms with Crippen molar-refractivity contribution in [2.45, 2.75) is 25.9 Å². The smallest absolute Gasteiger partial charge is 0.194 e. The van der Waals surface area contributed by atoms with E-state index in [1.54, 1.807) is 6.08 Å². The summed E-state index contributed by atoms with van der Waals surface area (Å²) in [6.45, 7) is 12.1. The van der Waals surface area contributed by atoms with Gasteiger partial charge >= 0.3 is 0 Å². The first-order chi connectivity index (χ1) is 12.8.